The van der Waals surface area contributed by atoms with Crippen LogP contribution in [0.15, 0.2) is 12.7 Å². The molecular weight excluding hydrogens is 224 g/mol. The molecule has 0 aromatic heterocycles. The molecule has 0 heterocycles. The Hall–Kier alpha value is -0.790. The lowest BCUT2D eigenvalue weighted by atomic mass is 9.75. The molecule has 0 aliphatic heterocycles. The predicted molar refractivity (Wildman–Crippen MR) is 73.2 cm³/mol. The summed E-state index contributed by atoms with van der Waals surface area (Å²) in [4.78, 5) is 11.6. The van der Waals surface area contributed by atoms with Gasteiger partial charge in [0.25, 0.3) is 0 Å². The van der Waals surface area contributed by atoms with E-state index in [1.165, 1.54) is 70.3 Å². The quantitative estimate of drug-likeness (QED) is 0.551. The van der Waals surface area contributed by atoms with Crippen LogP contribution in [0.1, 0.15) is 64.2 Å². The first-order valence-electron chi connectivity index (χ1n) is 7.64. The molecule has 102 valence electrons. The molecule has 2 aliphatic carbocycles. The zero-order chi connectivity index (χ0) is 12.8. The van der Waals surface area contributed by atoms with Gasteiger partial charge in [-0.15, -0.1) is 0 Å². The highest BCUT2D eigenvalue weighted by Crippen LogP contribution is 2.37. The SMILES string of the molecule is C=CC(=O)OC(C1CCCCC1)C1CCCCC1. The van der Waals surface area contributed by atoms with Gasteiger partial charge in [0.1, 0.15) is 6.10 Å². The van der Waals surface area contributed by atoms with Crippen LogP contribution in [0.3, 0.4) is 0 Å². The highest BCUT2D eigenvalue weighted by molar-refractivity contribution is 5.81. The van der Waals surface area contributed by atoms with Crippen molar-refractivity contribution in [2.45, 2.75) is 70.3 Å². The molecule has 2 aliphatic rings. The monoisotopic (exact) mass is 250 g/mol. The van der Waals surface area contributed by atoms with Crippen molar-refractivity contribution in [1.82, 2.24) is 0 Å². The van der Waals surface area contributed by atoms with Crippen LogP contribution in [0, 0.1) is 11.8 Å². The van der Waals surface area contributed by atoms with Crippen molar-refractivity contribution < 1.29 is 9.53 Å². The summed E-state index contributed by atoms with van der Waals surface area (Å²) in [5.41, 5.74) is 0. The lowest BCUT2D eigenvalue weighted by Crippen LogP contribution is -2.36. The third-order valence-corrected chi connectivity index (χ3v) is 4.65. The van der Waals surface area contributed by atoms with Gasteiger partial charge in [0.05, 0.1) is 0 Å². The summed E-state index contributed by atoms with van der Waals surface area (Å²) in [6.45, 7) is 3.53. The minimum Gasteiger partial charge on any atom is -0.459 e. The molecule has 2 fully saturated rings. The van der Waals surface area contributed by atoms with Crippen LogP contribution in [-0.4, -0.2) is 12.1 Å². The average Bonchev–Trinajstić information content (AvgIpc) is 2.46. The summed E-state index contributed by atoms with van der Waals surface area (Å²) < 4.78 is 5.72. The molecule has 0 saturated heterocycles. The number of ether oxygens (including phenoxy) is 1. The smallest absolute Gasteiger partial charge is 0.330 e. The maximum Gasteiger partial charge on any atom is 0.330 e. The van der Waals surface area contributed by atoms with Gasteiger partial charge in [0.2, 0.25) is 0 Å². The van der Waals surface area contributed by atoms with Crippen molar-refractivity contribution in [1.29, 1.82) is 0 Å². The average molecular weight is 250 g/mol. The molecule has 0 atom stereocenters. The highest BCUT2D eigenvalue weighted by atomic mass is 16.5. The molecule has 0 bridgehead atoms. The topological polar surface area (TPSA) is 26.3 Å². The van der Waals surface area contributed by atoms with Gasteiger partial charge in [-0.3, -0.25) is 0 Å². The van der Waals surface area contributed by atoms with E-state index in [0.29, 0.717) is 11.8 Å². The summed E-state index contributed by atoms with van der Waals surface area (Å²) in [5.74, 6) is 0.979. The summed E-state index contributed by atoms with van der Waals surface area (Å²) >= 11 is 0. The van der Waals surface area contributed by atoms with Crippen molar-refractivity contribution in [3.63, 3.8) is 0 Å². The second-order valence-electron chi connectivity index (χ2n) is 5.90. The molecule has 0 unspecified atom stereocenters. The van der Waals surface area contributed by atoms with Crippen molar-refractivity contribution in [3.05, 3.63) is 12.7 Å². The maximum absolute atomic E-state index is 11.6. The molecule has 0 amide bonds. The molecular formula is C16H26O2. The molecule has 2 nitrogen and oxygen atoms in total. The van der Waals surface area contributed by atoms with Crippen LogP contribution in [-0.2, 0) is 9.53 Å². The third-order valence-electron chi connectivity index (χ3n) is 4.65. The zero-order valence-corrected chi connectivity index (χ0v) is 11.4. The Balaban J connectivity index is 1.99. The first kappa shape index (κ1) is 13.6. The molecule has 0 N–H and O–H groups in total. The van der Waals surface area contributed by atoms with E-state index in [-0.39, 0.29) is 12.1 Å². The van der Waals surface area contributed by atoms with Gasteiger partial charge in [-0.05, 0) is 37.5 Å². The fourth-order valence-corrected chi connectivity index (χ4v) is 3.68. The van der Waals surface area contributed by atoms with E-state index in [2.05, 4.69) is 6.58 Å². The largest absolute Gasteiger partial charge is 0.459 e. The second kappa shape index (κ2) is 6.96. The van der Waals surface area contributed by atoms with Crippen LogP contribution in [0.25, 0.3) is 0 Å². The minimum atomic E-state index is -0.226. The Morgan fingerprint density at radius 2 is 1.39 bits per heavy atom. The van der Waals surface area contributed by atoms with Gasteiger partial charge in [0.15, 0.2) is 0 Å². The summed E-state index contributed by atoms with van der Waals surface area (Å²) in [6, 6.07) is 0. The van der Waals surface area contributed by atoms with Gasteiger partial charge in [-0.1, -0.05) is 45.1 Å². The molecule has 0 aromatic rings. The van der Waals surface area contributed by atoms with E-state index in [1.807, 2.05) is 0 Å². The summed E-state index contributed by atoms with van der Waals surface area (Å²) in [7, 11) is 0. The number of carbonyl (C=O) groups excluding carboxylic acids is 1. The Morgan fingerprint density at radius 3 is 1.78 bits per heavy atom. The zero-order valence-electron chi connectivity index (χ0n) is 11.4. The fraction of sp³-hybridized carbons (Fsp3) is 0.812. The van der Waals surface area contributed by atoms with E-state index >= 15 is 0 Å². The van der Waals surface area contributed by atoms with Crippen molar-refractivity contribution >= 4 is 5.97 Å². The first-order valence-corrected chi connectivity index (χ1v) is 7.64. The van der Waals surface area contributed by atoms with Crippen LogP contribution < -0.4 is 0 Å². The van der Waals surface area contributed by atoms with Crippen molar-refractivity contribution in [2.75, 3.05) is 0 Å². The van der Waals surface area contributed by atoms with Crippen LogP contribution in [0.2, 0.25) is 0 Å². The van der Waals surface area contributed by atoms with Crippen LogP contribution >= 0.6 is 0 Å². The molecule has 18 heavy (non-hydrogen) atoms. The first-order chi connectivity index (χ1) is 8.81. The number of hydrogen-bond acceptors (Lipinski definition) is 2. The van der Waals surface area contributed by atoms with E-state index in [1.54, 1.807) is 0 Å². The summed E-state index contributed by atoms with van der Waals surface area (Å²) in [5, 5.41) is 0. The van der Waals surface area contributed by atoms with E-state index in [9.17, 15) is 4.79 Å². The second-order valence-corrected chi connectivity index (χ2v) is 5.90. The maximum atomic E-state index is 11.6. The Bertz CT molecular complexity index is 255. The molecule has 2 rings (SSSR count). The fourth-order valence-electron chi connectivity index (χ4n) is 3.68. The van der Waals surface area contributed by atoms with Gasteiger partial charge >= 0.3 is 5.97 Å². The standard InChI is InChI=1S/C16H26O2/c1-2-15(17)18-16(13-9-5-3-6-10-13)14-11-7-4-8-12-14/h2,13-14,16H,1,3-12H2. The van der Waals surface area contributed by atoms with Gasteiger partial charge in [0, 0.05) is 6.08 Å². The summed E-state index contributed by atoms with van der Waals surface area (Å²) in [6.07, 6.45) is 14.4. The van der Waals surface area contributed by atoms with Gasteiger partial charge in [-0.25, -0.2) is 4.79 Å². The molecule has 0 radical (unpaired) electrons. The third kappa shape index (κ3) is 3.60. The Labute approximate surface area is 111 Å². The number of rotatable bonds is 4. The minimum absolute atomic E-state index is 0.163. The molecule has 0 spiro atoms. The number of carbonyl (C=O) groups is 1. The van der Waals surface area contributed by atoms with Crippen molar-refractivity contribution in [2.24, 2.45) is 11.8 Å². The van der Waals surface area contributed by atoms with Crippen LogP contribution in [0.5, 0.6) is 0 Å². The van der Waals surface area contributed by atoms with Crippen molar-refractivity contribution in [3.8, 4) is 0 Å². The Morgan fingerprint density at radius 1 is 0.944 bits per heavy atom. The molecule has 2 saturated carbocycles. The predicted octanol–water partition coefficient (Wildman–Crippen LogP) is 4.24. The van der Waals surface area contributed by atoms with E-state index in [4.69, 9.17) is 4.74 Å². The number of hydrogen-bond donors (Lipinski definition) is 0. The lowest BCUT2D eigenvalue weighted by molar-refractivity contribution is -0.151. The van der Waals surface area contributed by atoms with Gasteiger partial charge in [-0.2, -0.15) is 0 Å². The van der Waals surface area contributed by atoms with E-state index in [0.717, 1.165) is 0 Å². The lowest BCUT2D eigenvalue weighted by Gasteiger charge is -2.36. The van der Waals surface area contributed by atoms with Crippen LogP contribution in [0.4, 0.5) is 0 Å². The van der Waals surface area contributed by atoms with Gasteiger partial charge < -0.3 is 4.74 Å². The number of esters is 1. The van der Waals surface area contributed by atoms with E-state index < -0.39 is 0 Å². The molecule has 2 heteroatoms. The highest BCUT2D eigenvalue weighted by Gasteiger charge is 2.33. The normalized spacial score (nSPS) is 22.9. The Kier molecular flexibility index (Phi) is 5.27. The molecule has 0 aromatic carbocycles.